The summed E-state index contributed by atoms with van der Waals surface area (Å²) in [6.45, 7) is 2.24. The van der Waals surface area contributed by atoms with Crippen molar-refractivity contribution in [1.82, 2.24) is 15.0 Å². The summed E-state index contributed by atoms with van der Waals surface area (Å²) in [7, 11) is 0. The van der Waals surface area contributed by atoms with Crippen molar-refractivity contribution < 1.29 is 0 Å². The van der Waals surface area contributed by atoms with E-state index in [4.69, 9.17) is 15.0 Å². The SMILES string of the molecule is CC1C=CC=CC1c1nc(-c2cccc(-c3ccccc3)c2)nc(-c2ccc3cccc(-c4ccc5c(c4)-c4cc6ccccc6cc4C54C5CC6CC(C5)C4C6)c3c2)n1. The minimum absolute atomic E-state index is 0.0590. The first-order valence-corrected chi connectivity index (χ1v) is 22.1. The molecule has 7 atom stereocenters. The zero-order chi connectivity index (χ0) is 39.5. The van der Waals surface area contributed by atoms with Crippen LogP contribution in [-0.4, -0.2) is 15.0 Å². The van der Waals surface area contributed by atoms with Gasteiger partial charge < -0.3 is 0 Å². The van der Waals surface area contributed by atoms with E-state index in [1.165, 1.54) is 75.0 Å². The molecule has 14 rings (SSSR count). The van der Waals surface area contributed by atoms with E-state index in [0.717, 1.165) is 46.2 Å². The minimum Gasteiger partial charge on any atom is -0.212 e. The first kappa shape index (κ1) is 34.4. The summed E-state index contributed by atoms with van der Waals surface area (Å²) >= 11 is 0. The van der Waals surface area contributed by atoms with E-state index in [1.807, 2.05) is 0 Å². The lowest BCUT2D eigenvalue weighted by Crippen LogP contribution is -2.40. The second-order valence-corrected chi connectivity index (χ2v) is 18.4. The maximum Gasteiger partial charge on any atom is 0.163 e. The Morgan fingerprint density at radius 1 is 0.483 bits per heavy atom. The monoisotopic (exact) mass is 771 g/mol. The zero-order valence-electron chi connectivity index (χ0n) is 33.8. The van der Waals surface area contributed by atoms with Crippen molar-refractivity contribution in [1.29, 1.82) is 0 Å². The Balaban J connectivity index is 0.960. The standard InChI is InChI=1S/C57H45N3/c1-34-11-5-8-19-46(34)56-59-54(42-18-9-17-38(28-42)36-12-3-2-4-13-36)58-55(60-56)43-22-21-37-16-10-20-47(48(37)32-43)41-23-24-51-49(31-41)50-30-39-14-6-7-15-40(39)33-53(50)57(51)45-26-35-25-44(29-45)52(57)27-35/h2-24,28,30-35,44-46,52H,25-27,29H2,1H3. The number of hydrogen-bond donors (Lipinski definition) is 0. The summed E-state index contributed by atoms with van der Waals surface area (Å²) in [5.74, 6) is 5.83. The highest BCUT2D eigenvalue weighted by atomic mass is 15.0. The second-order valence-electron chi connectivity index (χ2n) is 18.4. The molecular weight excluding hydrogens is 727 g/mol. The van der Waals surface area contributed by atoms with Gasteiger partial charge in [-0.15, -0.1) is 0 Å². The van der Waals surface area contributed by atoms with Crippen molar-refractivity contribution in [3.8, 4) is 56.2 Å². The number of nitrogens with zero attached hydrogens (tertiary/aromatic N) is 3. The first-order valence-electron chi connectivity index (χ1n) is 22.1. The molecule has 4 saturated carbocycles. The summed E-state index contributed by atoms with van der Waals surface area (Å²) in [6, 6.07) is 54.3. The lowest BCUT2D eigenvalue weighted by Gasteiger charge is -2.44. The van der Waals surface area contributed by atoms with Gasteiger partial charge in [-0.2, -0.15) is 0 Å². The zero-order valence-corrected chi connectivity index (χ0v) is 33.8. The first-order chi connectivity index (χ1) is 29.6. The Hall–Kier alpha value is -6.45. The molecule has 3 heteroatoms. The molecule has 1 spiro atoms. The van der Waals surface area contributed by atoms with Gasteiger partial charge in [-0.3, -0.25) is 0 Å². The molecule has 6 aliphatic rings. The van der Waals surface area contributed by atoms with Gasteiger partial charge in [0.2, 0.25) is 0 Å². The van der Waals surface area contributed by atoms with Gasteiger partial charge in [0.05, 0.1) is 0 Å². The molecule has 7 aromatic carbocycles. The Morgan fingerprint density at radius 2 is 1.20 bits per heavy atom. The van der Waals surface area contributed by atoms with Gasteiger partial charge in [0.15, 0.2) is 11.6 Å². The predicted octanol–water partition coefficient (Wildman–Crippen LogP) is 14.0. The Kier molecular flexibility index (Phi) is 7.47. The molecule has 0 radical (unpaired) electrons. The summed E-state index contributed by atoms with van der Waals surface area (Å²) < 4.78 is 0. The average Bonchev–Trinajstić information content (AvgIpc) is 3.84. The van der Waals surface area contributed by atoms with Crippen LogP contribution in [0.2, 0.25) is 0 Å². The molecular formula is C57H45N3. The molecule has 4 fully saturated rings. The number of allylic oxidation sites excluding steroid dienone is 4. The van der Waals surface area contributed by atoms with Crippen LogP contribution in [0.15, 0.2) is 170 Å². The summed E-state index contributed by atoms with van der Waals surface area (Å²) in [5, 5.41) is 5.14. The van der Waals surface area contributed by atoms with E-state index in [9.17, 15) is 0 Å². The molecule has 8 aromatic rings. The fourth-order valence-electron chi connectivity index (χ4n) is 12.8. The fraction of sp³-hybridized carbons (Fsp3) is 0.211. The largest absolute Gasteiger partial charge is 0.212 e. The van der Waals surface area contributed by atoms with E-state index in [0.29, 0.717) is 11.6 Å². The number of fused-ring (bicyclic) bond motifs is 5. The molecule has 0 saturated heterocycles. The van der Waals surface area contributed by atoms with Gasteiger partial charge in [-0.1, -0.05) is 146 Å². The van der Waals surface area contributed by atoms with E-state index in [1.54, 1.807) is 11.1 Å². The van der Waals surface area contributed by atoms with Crippen LogP contribution in [0.25, 0.3) is 77.7 Å². The van der Waals surface area contributed by atoms with Crippen molar-refractivity contribution in [3.05, 3.63) is 187 Å². The van der Waals surface area contributed by atoms with Gasteiger partial charge in [0.1, 0.15) is 5.82 Å². The van der Waals surface area contributed by atoms with Crippen LogP contribution < -0.4 is 0 Å². The van der Waals surface area contributed by atoms with Gasteiger partial charge in [-0.25, -0.2) is 15.0 Å². The van der Waals surface area contributed by atoms with Crippen LogP contribution in [0.1, 0.15) is 55.5 Å². The minimum atomic E-state index is 0.0590. The smallest absolute Gasteiger partial charge is 0.163 e. The maximum atomic E-state index is 5.26. The molecule has 7 unspecified atom stereocenters. The molecule has 6 aliphatic carbocycles. The third-order valence-corrected chi connectivity index (χ3v) is 15.4. The highest BCUT2D eigenvalue weighted by Gasteiger charge is 2.66. The number of hydrogen-bond acceptors (Lipinski definition) is 3. The summed E-state index contributed by atoms with van der Waals surface area (Å²) in [4.78, 5) is 15.7. The number of benzene rings is 7. The second kappa shape index (κ2) is 13.0. The van der Waals surface area contributed by atoms with Crippen molar-refractivity contribution in [3.63, 3.8) is 0 Å². The molecule has 0 amide bonds. The molecule has 4 bridgehead atoms. The highest BCUT2D eigenvalue weighted by molar-refractivity contribution is 6.01. The van der Waals surface area contributed by atoms with Crippen LogP contribution >= 0.6 is 0 Å². The Morgan fingerprint density at radius 3 is 2.05 bits per heavy atom. The number of rotatable bonds is 5. The van der Waals surface area contributed by atoms with Crippen molar-refractivity contribution in [2.45, 2.75) is 43.9 Å². The Bertz CT molecular complexity index is 3120. The van der Waals surface area contributed by atoms with Crippen molar-refractivity contribution in [2.24, 2.45) is 29.6 Å². The van der Waals surface area contributed by atoms with E-state index < -0.39 is 0 Å². The quantitative estimate of drug-likeness (QED) is 0.175. The third kappa shape index (κ3) is 5.05. The average molecular weight is 772 g/mol. The molecule has 60 heavy (non-hydrogen) atoms. The van der Waals surface area contributed by atoms with E-state index >= 15 is 0 Å². The van der Waals surface area contributed by atoms with Crippen LogP contribution in [0.3, 0.4) is 0 Å². The van der Waals surface area contributed by atoms with Gasteiger partial charge >= 0.3 is 0 Å². The molecule has 0 N–H and O–H groups in total. The third-order valence-electron chi connectivity index (χ3n) is 15.4. The summed E-state index contributed by atoms with van der Waals surface area (Å²) in [6.07, 6.45) is 14.3. The molecule has 3 nitrogen and oxygen atoms in total. The van der Waals surface area contributed by atoms with Crippen LogP contribution in [0.5, 0.6) is 0 Å². The van der Waals surface area contributed by atoms with Crippen LogP contribution in [0.4, 0.5) is 0 Å². The van der Waals surface area contributed by atoms with Crippen LogP contribution in [0, 0.1) is 29.6 Å². The van der Waals surface area contributed by atoms with Gasteiger partial charge in [-0.05, 0) is 152 Å². The predicted molar refractivity (Wildman–Crippen MR) is 245 cm³/mol. The lowest BCUT2D eigenvalue weighted by atomic mass is 9.59. The number of aromatic nitrogens is 3. The van der Waals surface area contributed by atoms with Crippen LogP contribution in [-0.2, 0) is 5.41 Å². The van der Waals surface area contributed by atoms with Gasteiger partial charge in [0, 0.05) is 22.5 Å². The maximum absolute atomic E-state index is 5.26. The normalized spacial score (nSPS) is 25.4. The Labute approximate surface area is 351 Å². The van der Waals surface area contributed by atoms with Crippen molar-refractivity contribution >= 4 is 21.5 Å². The fourth-order valence-corrected chi connectivity index (χ4v) is 12.8. The molecule has 0 aliphatic heterocycles. The van der Waals surface area contributed by atoms with Gasteiger partial charge in [0.25, 0.3) is 0 Å². The molecule has 1 heterocycles. The van der Waals surface area contributed by atoms with E-state index in [2.05, 4.69) is 177 Å². The van der Waals surface area contributed by atoms with E-state index in [-0.39, 0.29) is 17.3 Å². The highest BCUT2D eigenvalue weighted by Crippen LogP contribution is 2.73. The lowest BCUT2D eigenvalue weighted by molar-refractivity contribution is 0.191. The molecule has 288 valence electrons. The topological polar surface area (TPSA) is 38.7 Å². The van der Waals surface area contributed by atoms with Crippen molar-refractivity contribution in [2.75, 3.05) is 0 Å². The summed E-state index contributed by atoms with van der Waals surface area (Å²) in [5.41, 5.74) is 13.1. The molecule has 1 aromatic heterocycles.